The molecule has 0 saturated carbocycles. The van der Waals surface area contributed by atoms with E-state index in [2.05, 4.69) is 4.25 Å². The van der Waals surface area contributed by atoms with Gasteiger partial charge in [0, 0.05) is 0 Å². The molecule has 0 spiro atoms. The summed E-state index contributed by atoms with van der Waals surface area (Å²) in [5, 5.41) is 1.00. The second-order valence-electron chi connectivity index (χ2n) is 1.76. The molecule has 0 N–H and O–H groups in total. The topological polar surface area (TPSA) is 4.36 Å². The molecule has 1 rings (SSSR count). The molecule has 0 amide bonds. The van der Waals surface area contributed by atoms with Crippen molar-refractivity contribution >= 4 is 35.1 Å². The molecule has 0 unspecified atom stereocenters. The van der Waals surface area contributed by atoms with E-state index < -0.39 is 0 Å². The molecular formula is C7H3Cl2NS. The van der Waals surface area contributed by atoms with E-state index in [9.17, 15) is 0 Å². The first-order valence-corrected chi connectivity index (χ1v) is 4.26. The van der Waals surface area contributed by atoms with E-state index in [1.54, 1.807) is 18.2 Å². The molecule has 0 radical (unpaired) electrons. The third kappa shape index (κ3) is 2.30. The Balaban J connectivity index is 2.98. The summed E-state index contributed by atoms with van der Waals surface area (Å²) >= 11 is 12.4. The number of benzene rings is 1. The van der Waals surface area contributed by atoms with Crippen LogP contribution in [0.2, 0.25) is 10.0 Å². The van der Waals surface area contributed by atoms with Crippen LogP contribution in [-0.4, -0.2) is 0 Å². The highest BCUT2D eigenvalue weighted by Gasteiger charge is 2.02. The van der Waals surface area contributed by atoms with Gasteiger partial charge in [0.25, 0.3) is 11.9 Å². The lowest BCUT2D eigenvalue weighted by Crippen LogP contribution is -1.69. The third-order valence-electron chi connectivity index (χ3n) is 1.04. The summed E-state index contributed by atoms with van der Waals surface area (Å²) in [5.41, 5.74) is 0. The van der Waals surface area contributed by atoms with Gasteiger partial charge >= 0.3 is 0 Å². The summed E-state index contributed by atoms with van der Waals surface area (Å²) in [6.07, 6.45) is 0. The van der Waals surface area contributed by atoms with Crippen LogP contribution < -0.4 is 0 Å². The summed E-state index contributed by atoms with van der Waals surface area (Å²) in [5.74, 6) is 0. The Morgan fingerprint density at radius 1 is 1.27 bits per heavy atom. The number of hydrogen-bond donors (Lipinski definition) is 0. The average Bonchev–Trinajstić information content (AvgIpc) is 1.98. The Morgan fingerprint density at radius 2 is 2.00 bits per heavy atom. The Hall–Kier alpha value is -0.360. The summed E-state index contributed by atoms with van der Waals surface area (Å²) in [6.45, 7) is 6.58. The van der Waals surface area contributed by atoms with Crippen LogP contribution in [0.15, 0.2) is 23.1 Å². The fourth-order valence-corrected chi connectivity index (χ4v) is 1.35. The largest absolute Gasteiger partial charge is 0.294 e. The van der Waals surface area contributed by atoms with Gasteiger partial charge in [-0.15, -0.1) is 0 Å². The summed E-state index contributed by atoms with van der Waals surface area (Å²) in [4.78, 5) is 0.814. The first-order chi connectivity index (χ1) is 5.24. The molecule has 1 nitrogen and oxygen atoms in total. The highest BCUT2D eigenvalue weighted by Crippen LogP contribution is 2.28. The number of nitrogens with zero attached hydrogens (tertiary/aromatic N) is 1. The highest BCUT2D eigenvalue weighted by atomic mass is 35.5. The fraction of sp³-hybridized carbons (Fsp3) is 0. The molecule has 0 bridgehead atoms. The molecule has 0 fully saturated rings. The lowest BCUT2D eigenvalue weighted by atomic mass is 10.4. The zero-order chi connectivity index (χ0) is 8.27. The van der Waals surface area contributed by atoms with Crippen molar-refractivity contribution in [3.05, 3.63) is 39.1 Å². The van der Waals surface area contributed by atoms with Gasteiger partial charge in [-0.25, -0.2) is 10.8 Å². The summed E-state index contributed by atoms with van der Waals surface area (Å²) in [6, 6.07) is 5.11. The molecular weight excluding hydrogens is 201 g/mol. The minimum atomic E-state index is 0.486. The number of halogens is 2. The van der Waals surface area contributed by atoms with E-state index in [1.807, 2.05) is 0 Å². The predicted octanol–water partition coefficient (Wildman–Crippen LogP) is 3.92. The van der Waals surface area contributed by atoms with Crippen LogP contribution in [-0.2, 0) is 0 Å². The van der Waals surface area contributed by atoms with Crippen molar-refractivity contribution in [3.63, 3.8) is 0 Å². The average molecular weight is 204 g/mol. The maximum Gasteiger partial charge on any atom is 0.294 e. The smallest absolute Gasteiger partial charge is 0.223 e. The molecule has 4 heteroatoms. The second kappa shape index (κ2) is 3.87. The van der Waals surface area contributed by atoms with Gasteiger partial charge in [-0.2, -0.15) is 0 Å². The summed E-state index contributed by atoms with van der Waals surface area (Å²) in [7, 11) is 0. The van der Waals surface area contributed by atoms with Gasteiger partial charge in [-0.1, -0.05) is 23.2 Å². The molecule has 1 aromatic rings. The van der Waals surface area contributed by atoms with Gasteiger partial charge < -0.3 is 0 Å². The molecule has 0 aliphatic carbocycles. The molecule has 0 aromatic heterocycles. The van der Waals surface area contributed by atoms with Gasteiger partial charge in [0.2, 0.25) is 0 Å². The van der Waals surface area contributed by atoms with Crippen molar-refractivity contribution in [2.45, 2.75) is 4.90 Å². The van der Waals surface area contributed by atoms with Crippen LogP contribution >= 0.6 is 35.1 Å². The van der Waals surface area contributed by atoms with Crippen molar-refractivity contribution in [3.8, 4) is 0 Å². The monoisotopic (exact) mass is 203 g/mol. The number of hydrogen-bond acceptors (Lipinski definition) is 1. The highest BCUT2D eigenvalue weighted by molar-refractivity contribution is 8.01. The van der Waals surface area contributed by atoms with Crippen molar-refractivity contribution < 1.29 is 0 Å². The zero-order valence-corrected chi connectivity index (χ0v) is 7.67. The van der Waals surface area contributed by atoms with Crippen molar-refractivity contribution in [2.24, 2.45) is 0 Å². The van der Waals surface area contributed by atoms with Crippen LogP contribution in [0, 0.1) is 6.57 Å². The standard InChI is InChI=1S/C7H3Cl2NS/c1-10-11-5-2-3-6(8)7(9)4-5/h2-4H. The van der Waals surface area contributed by atoms with Crippen LogP contribution in [0.25, 0.3) is 4.25 Å². The normalized spacial score (nSPS) is 9.18. The number of rotatable bonds is 1. The molecule has 1 aromatic carbocycles. The maximum absolute atomic E-state index is 6.58. The molecule has 0 aliphatic heterocycles. The molecule has 56 valence electrons. The Morgan fingerprint density at radius 3 is 2.55 bits per heavy atom. The van der Waals surface area contributed by atoms with Crippen LogP contribution in [0.3, 0.4) is 0 Å². The molecule has 0 aliphatic rings. The SMILES string of the molecule is [C-]#[N+]Sc1ccc(Cl)c(Cl)c1. The van der Waals surface area contributed by atoms with E-state index >= 15 is 0 Å². The molecule has 0 saturated heterocycles. The van der Waals surface area contributed by atoms with Gasteiger partial charge in [0.15, 0.2) is 0 Å². The molecule has 0 atom stereocenters. The van der Waals surface area contributed by atoms with E-state index in [1.165, 1.54) is 0 Å². The van der Waals surface area contributed by atoms with Crippen LogP contribution in [0.5, 0.6) is 0 Å². The van der Waals surface area contributed by atoms with Crippen molar-refractivity contribution in [1.82, 2.24) is 0 Å². The van der Waals surface area contributed by atoms with Gasteiger partial charge in [-0.05, 0) is 18.2 Å². The van der Waals surface area contributed by atoms with Gasteiger partial charge in [0.1, 0.15) is 0 Å². The second-order valence-corrected chi connectivity index (χ2v) is 3.41. The Labute approximate surface area is 79.3 Å². The maximum atomic E-state index is 6.58. The molecule has 0 heterocycles. The Kier molecular flexibility index (Phi) is 3.07. The lowest BCUT2D eigenvalue weighted by Gasteiger charge is -1.93. The van der Waals surface area contributed by atoms with E-state index in [-0.39, 0.29) is 0 Å². The van der Waals surface area contributed by atoms with Crippen LogP contribution in [0.4, 0.5) is 0 Å². The fourth-order valence-electron chi connectivity index (χ4n) is 0.586. The zero-order valence-electron chi connectivity index (χ0n) is 5.34. The molecule has 11 heavy (non-hydrogen) atoms. The summed E-state index contributed by atoms with van der Waals surface area (Å²) < 4.78 is 3.14. The Bertz CT molecular complexity index is 306. The van der Waals surface area contributed by atoms with Gasteiger partial charge in [0.05, 0.1) is 14.9 Å². The first-order valence-electron chi connectivity index (χ1n) is 2.73. The minimum absolute atomic E-state index is 0.486. The van der Waals surface area contributed by atoms with Gasteiger partial charge in [-0.3, -0.25) is 0 Å². The third-order valence-corrected chi connectivity index (χ3v) is 2.34. The first kappa shape index (κ1) is 8.73. The lowest BCUT2D eigenvalue weighted by molar-refractivity contribution is 1.47. The van der Waals surface area contributed by atoms with Crippen molar-refractivity contribution in [2.75, 3.05) is 0 Å². The van der Waals surface area contributed by atoms with Crippen molar-refractivity contribution in [1.29, 1.82) is 0 Å². The van der Waals surface area contributed by atoms with E-state index in [0.717, 1.165) is 16.8 Å². The quantitative estimate of drug-likeness (QED) is 0.495. The predicted molar refractivity (Wildman–Crippen MR) is 48.9 cm³/mol. The van der Waals surface area contributed by atoms with Crippen LogP contribution in [0.1, 0.15) is 0 Å². The van der Waals surface area contributed by atoms with E-state index in [0.29, 0.717) is 10.0 Å². The van der Waals surface area contributed by atoms with E-state index in [4.69, 9.17) is 29.8 Å². The minimum Gasteiger partial charge on any atom is -0.223 e.